The maximum atomic E-state index is 11.6. The van der Waals surface area contributed by atoms with Crippen LogP contribution in [0.4, 0.5) is 0 Å². The lowest BCUT2D eigenvalue weighted by Gasteiger charge is -2.04. The Kier molecular flexibility index (Phi) is 22.3. The molecule has 32 heavy (non-hydrogen) atoms. The third-order valence-electron chi connectivity index (χ3n) is 4.87. The van der Waals surface area contributed by atoms with Gasteiger partial charge in [-0.2, -0.15) is 0 Å². The summed E-state index contributed by atoms with van der Waals surface area (Å²) in [6.07, 6.45) is 15.5. The number of carboxylic acids is 1. The van der Waals surface area contributed by atoms with E-state index in [1.165, 1.54) is 31.5 Å². The van der Waals surface area contributed by atoms with Crippen LogP contribution in [0.15, 0.2) is 0 Å². The van der Waals surface area contributed by atoms with Gasteiger partial charge in [-0.15, -0.1) is 0 Å². The second-order valence-electron chi connectivity index (χ2n) is 7.93. The summed E-state index contributed by atoms with van der Waals surface area (Å²) >= 11 is 1.24. The van der Waals surface area contributed by atoms with Crippen LogP contribution in [0, 0.1) is 23.7 Å². The van der Waals surface area contributed by atoms with Gasteiger partial charge in [0.25, 0.3) is 0 Å². The third-order valence-corrected chi connectivity index (χ3v) is 5.68. The number of hydrogen-bond acceptors (Lipinski definition) is 4. The molecule has 0 aromatic rings. The summed E-state index contributed by atoms with van der Waals surface area (Å²) in [6.45, 7) is 2.10. The van der Waals surface area contributed by atoms with Gasteiger partial charge < -0.3 is 10.4 Å². The Morgan fingerprint density at radius 1 is 0.719 bits per heavy atom. The van der Waals surface area contributed by atoms with Crippen molar-refractivity contribution in [2.45, 2.75) is 110 Å². The van der Waals surface area contributed by atoms with E-state index in [1.54, 1.807) is 0 Å². The van der Waals surface area contributed by atoms with Crippen LogP contribution in [-0.2, 0) is 14.4 Å². The van der Waals surface area contributed by atoms with Crippen molar-refractivity contribution >= 4 is 28.8 Å². The molecule has 2 N–H and O–H groups in total. The predicted octanol–water partition coefficient (Wildman–Crippen LogP) is 5.72. The first-order valence-electron chi connectivity index (χ1n) is 12.1. The summed E-state index contributed by atoms with van der Waals surface area (Å²) < 4.78 is 0. The van der Waals surface area contributed by atoms with Gasteiger partial charge in [0, 0.05) is 44.9 Å². The highest BCUT2D eigenvalue weighted by molar-refractivity contribution is 8.13. The van der Waals surface area contributed by atoms with Crippen LogP contribution in [-0.4, -0.2) is 34.4 Å². The second kappa shape index (κ2) is 23.7. The number of carboxylic acid groups (broad SMARTS) is 1. The van der Waals surface area contributed by atoms with Crippen LogP contribution >= 0.6 is 11.8 Å². The zero-order chi connectivity index (χ0) is 23.7. The first-order chi connectivity index (χ1) is 15.5. The summed E-state index contributed by atoms with van der Waals surface area (Å²) in [5.74, 6) is 12.1. The molecule has 0 aliphatic heterocycles. The average Bonchev–Trinajstić information content (AvgIpc) is 2.75. The molecule has 6 heteroatoms. The molecule has 0 fully saturated rings. The number of thioether (sulfide) groups is 1. The van der Waals surface area contributed by atoms with E-state index >= 15 is 0 Å². The van der Waals surface area contributed by atoms with Gasteiger partial charge in [-0.25, -0.2) is 0 Å². The van der Waals surface area contributed by atoms with E-state index in [9.17, 15) is 14.4 Å². The number of aliphatic carboxylic acids is 1. The molecule has 0 heterocycles. The monoisotopic (exact) mass is 463 g/mol. The molecule has 0 saturated carbocycles. The summed E-state index contributed by atoms with van der Waals surface area (Å²) in [5.41, 5.74) is 0. The minimum absolute atomic E-state index is 0.0820. The number of amides is 1. The molecule has 0 aromatic carbocycles. The molecular formula is C26H41NO4S. The topological polar surface area (TPSA) is 83.5 Å². The molecular weight excluding hydrogens is 422 g/mol. The van der Waals surface area contributed by atoms with E-state index in [2.05, 4.69) is 29.0 Å². The zero-order valence-corrected chi connectivity index (χ0v) is 20.6. The number of carbonyl (C=O) groups excluding carboxylic acids is 2. The number of rotatable bonds is 19. The molecule has 0 rings (SSSR count). The fourth-order valence-corrected chi connectivity index (χ4v) is 3.58. The molecule has 0 unspecified atom stereocenters. The number of unbranched alkanes of at least 4 members (excludes halogenated alkanes) is 12. The maximum absolute atomic E-state index is 11.6. The zero-order valence-electron chi connectivity index (χ0n) is 19.8. The van der Waals surface area contributed by atoms with Gasteiger partial charge in [0.15, 0.2) is 5.12 Å². The standard InChI is InChI=1S/C26H41NO4S/c1-24(28)32-23-22-27-25(29)20-18-16-14-12-10-8-6-4-2-3-5-7-9-11-13-15-17-19-21-26(30)31/h6-23H2,1H3,(H,27,29)(H,30,31). The molecule has 0 spiro atoms. The van der Waals surface area contributed by atoms with Crippen molar-refractivity contribution in [1.82, 2.24) is 5.32 Å². The average molecular weight is 464 g/mol. The lowest BCUT2D eigenvalue weighted by atomic mass is 10.1. The van der Waals surface area contributed by atoms with E-state index in [-0.39, 0.29) is 17.4 Å². The smallest absolute Gasteiger partial charge is 0.303 e. The van der Waals surface area contributed by atoms with Crippen molar-refractivity contribution in [1.29, 1.82) is 0 Å². The molecule has 0 aliphatic carbocycles. The Morgan fingerprint density at radius 3 is 1.69 bits per heavy atom. The Labute approximate surface area is 199 Å². The first-order valence-corrected chi connectivity index (χ1v) is 13.1. The predicted molar refractivity (Wildman–Crippen MR) is 133 cm³/mol. The van der Waals surface area contributed by atoms with Gasteiger partial charge in [-0.3, -0.25) is 14.4 Å². The third kappa shape index (κ3) is 26.1. The number of nitrogens with one attached hydrogen (secondary N) is 1. The van der Waals surface area contributed by atoms with Crippen molar-refractivity contribution in [2.75, 3.05) is 12.3 Å². The lowest BCUT2D eigenvalue weighted by molar-refractivity contribution is -0.137. The highest BCUT2D eigenvalue weighted by Gasteiger charge is 2.01. The van der Waals surface area contributed by atoms with Gasteiger partial charge in [0.2, 0.25) is 5.91 Å². The van der Waals surface area contributed by atoms with Crippen LogP contribution in [0.5, 0.6) is 0 Å². The van der Waals surface area contributed by atoms with Crippen molar-refractivity contribution in [3.05, 3.63) is 0 Å². The van der Waals surface area contributed by atoms with E-state index < -0.39 is 5.97 Å². The Balaban J connectivity index is 3.35. The van der Waals surface area contributed by atoms with Crippen molar-refractivity contribution < 1.29 is 19.5 Å². The summed E-state index contributed by atoms with van der Waals surface area (Å²) in [7, 11) is 0. The molecule has 1 amide bonds. The fraction of sp³-hybridized carbons (Fsp3) is 0.731. The van der Waals surface area contributed by atoms with Crippen LogP contribution in [0.1, 0.15) is 110 Å². The first kappa shape index (κ1) is 30.1. The van der Waals surface area contributed by atoms with Gasteiger partial charge >= 0.3 is 5.97 Å². The van der Waals surface area contributed by atoms with Crippen LogP contribution in [0.3, 0.4) is 0 Å². The van der Waals surface area contributed by atoms with E-state index in [0.29, 0.717) is 18.7 Å². The van der Waals surface area contributed by atoms with Gasteiger partial charge in [-0.05, 0) is 37.5 Å². The minimum Gasteiger partial charge on any atom is -0.481 e. The molecule has 0 saturated heterocycles. The fourth-order valence-electron chi connectivity index (χ4n) is 3.09. The SMILES string of the molecule is CC(=O)SCCNC(=O)CCCCCCCCC#CC#CCCCCCCCCC(=O)O. The van der Waals surface area contributed by atoms with Crippen molar-refractivity contribution in [2.24, 2.45) is 0 Å². The van der Waals surface area contributed by atoms with E-state index in [4.69, 9.17) is 5.11 Å². The summed E-state index contributed by atoms with van der Waals surface area (Å²) in [6, 6.07) is 0. The van der Waals surface area contributed by atoms with Crippen LogP contribution in [0.2, 0.25) is 0 Å². The Bertz CT molecular complexity index is 640. The Hall–Kier alpha value is -1.92. The number of hydrogen-bond donors (Lipinski definition) is 2. The second-order valence-corrected chi connectivity index (χ2v) is 9.20. The van der Waals surface area contributed by atoms with Crippen molar-refractivity contribution in [3.63, 3.8) is 0 Å². The quantitative estimate of drug-likeness (QED) is 0.189. The highest BCUT2D eigenvalue weighted by atomic mass is 32.2. The molecule has 180 valence electrons. The van der Waals surface area contributed by atoms with Gasteiger partial charge in [0.05, 0.1) is 0 Å². The molecule has 0 atom stereocenters. The highest BCUT2D eigenvalue weighted by Crippen LogP contribution is 2.09. The number of carbonyl (C=O) groups is 3. The minimum atomic E-state index is -0.700. The Morgan fingerprint density at radius 2 is 1.19 bits per heavy atom. The maximum Gasteiger partial charge on any atom is 0.303 e. The van der Waals surface area contributed by atoms with Crippen molar-refractivity contribution in [3.8, 4) is 23.7 Å². The molecule has 0 bridgehead atoms. The van der Waals surface area contributed by atoms with Gasteiger partial charge in [-0.1, -0.05) is 75.0 Å². The van der Waals surface area contributed by atoms with Crippen LogP contribution < -0.4 is 5.32 Å². The molecule has 5 nitrogen and oxygen atoms in total. The molecule has 0 aromatic heterocycles. The van der Waals surface area contributed by atoms with E-state index in [0.717, 1.165) is 77.0 Å². The van der Waals surface area contributed by atoms with Gasteiger partial charge in [0.1, 0.15) is 0 Å². The summed E-state index contributed by atoms with van der Waals surface area (Å²) in [5, 5.41) is 11.5. The van der Waals surface area contributed by atoms with E-state index in [1.807, 2.05) is 0 Å². The summed E-state index contributed by atoms with van der Waals surface area (Å²) in [4.78, 5) is 32.8. The molecule has 0 aliphatic rings. The lowest BCUT2D eigenvalue weighted by Crippen LogP contribution is -2.25. The van der Waals surface area contributed by atoms with Crippen LogP contribution in [0.25, 0.3) is 0 Å². The normalized spacial score (nSPS) is 9.91. The molecule has 0 radical (unpaired) electrons. The largest absolute Gasteiger partial charge is 0.481 e.